The van der Waals surface area contributed by atoms with Gasteiger partial charge in [0, 0.05) is 12.8 Å². The van der Waals surface area contributed by atoms with Crippen molar-refractivity contribution in [3.8, 4) is 0 Å². The van der Waals surface area contributed by atoms with Gasteiger partial charge in [-0.1, -0.05) is 104 Å². The standard InChI is InChI=1S/C30H60NO8P/c1-6-8-10-12-14-15-17-19-21-23-30(33)39-28(27-38-40(34,35)37-25-24-31(3,4)5)26-36-29(32)22-20-18-16-13-11-9-7-2/h28H,6-27H2,1-5H3/p+1. The number of carbonyl (C=O) groups is 2. The van der Waals surface area contributed by atoms with Crippen LogP contribution in [0.1, 0.15) is 129 Å². The fourth-order valence-corrected chi connectivity index (χ4v) is 4.81. The molecule has 0 heterocycles. The second-order valence-corrected chi connectivity index (χ2v) is 13.3. The molecule has 40 heavy (non-hydrogen) atoms. The number of carbonyl (C=O) groups excluding carboxylic acids is 2. The molecule has 9 nitrogen and oxygen atoms in total. The average Bonchev–Trinajstić information content (AvgIpc) is 2.88. The molecule has 0 amide bonds. The van der Waals surface area contributed by atoms with Gasteiger partial charge in [0.25, 0.3) is 0 Å². The Morgan fingerprint density at radius 1 is 0.675 bits per heavy atom. The fourth-order valence-electron chi connectivity index (χ4n) is 4.07. The Hall–Kier alpha value is -0.990. The summed E-state index contributed by atoms with van der Waals surface area (Å²) < 4.78 is 33.8. The van der Waals surface area contributed by atoms with Crippen molar-refractivity contribution in [1.29, 1.82) is 0 Å². The van der Waals surface area contributed by atoms with Gasteiger partial charge in [-0.3, -0.25) is 18.6 Å². The van der Waals surface area contributed by atoms with Crippen molar-refractivity contribution in [1.82, 2.24) is 0 Å². The predicted octanol–water partition coefficient (Wildman–Crippen LogP) is 7.34. The summed E-state index contributed by atoms with van der Waals surface area (Å²) in [6, 6.07) is 0. The van der Waals surface area contributed by atoms with Gasteiger partial charge in [0.05, 0.1) is 27.7 Å². The quantitative estimate of drug-likeness (QED) is 0.0434. The van der Waals surface area contributed by atoms with Crippen LogP contribution in [0.25, 0.3) is 0 Å². The van der Waals surface area contributed by atoms with E-state index in [2.05, 4.69) is 13.8 Å². The highest BCUT2D eigenvalue weighted by atomic mass is 31.2. The molecule has 2 unspecified atom stereocenters. The second-order valence-electron chi connectivity index (χ2n) is 11.9. The van der Waals surface area contributed by atoms with Crippen LogP contribution in [0.3, 0.4) is 0 Å². The lowest BCUT2D eigenvalue weighted by Gasteiger charge is -2.24. The second kappa shape index (κ2) is 24.6. The number of unbranched alkanes of at least 4 members (excludes halogenated alkanes) is 14. The SMILES string of the molecule is CCCCCCCCCCCC(=O)OC(COC(=O)CCCCCCCCC)COP(=O)(O)OCC[N+](C)(C)C. The number of hydrogen-bond acceptors (Lipinski definition) is 7. The average molecular weight is 595 g/mol. The number of quaternary nitrogens is 1. The van der Waals surface area contributed by atoms with Crippen LogP contribution in [-0.4, -0.2) is 74.9 Å². The first-order valence-corrected chi connectivity index (χ1v) is 17.3. The first kappa shape index (κ1) is 39.0. The summed E-state index contributed by atoms with van der Waals surface area (Å²) >= 11 is 0. The van der Waals surface area contributed by atoms with E-state index in [0.717, 1.165) is 32.1 Å². The number of nitrogens with zero attached hydrogens (tertiary/aromatic N) is 1. The van der Waals surface area contributed by atoms with E-state index in [0.29, 0.717) is 23.9 Å². The molecular formula is C30H61NO8P+. The Kier molecular flexibility index (Phi) is 24.0. The number of hydrogen-bond donors (Lipinski definition) is 1. The third-order valence-corrected chi connectivity index (χ3v) is 7.62. The summed E-state index contributed by atoms with van der Waals surface area (Å²) in [6.45, 7) is 4.32. The molecule has 0 radical (unpaired) electrons. The lowest BCUT2D eigenvalue weighted by Crippen LogP contribution is -2.37. The summed E-state index contributed by atoms with van der Waals surface area (Å²) in [5.41, 5.74) is 0. The maximum Gasteiger partial charge on any atom is 0.472 e. The molecular weight excluding hydrogens is 533 g/mol. The van der Waals surface area contributed by atoms with Crippen LogP contribution in [-0.2, 0) is 32.7 Å². The van der Waals surface area contributed by atoms with Crippen molar-refractivity contribution in [2.75, 3.05) is 47.5 Å². The van der Waals surface area contributed by atoms with Crippen molar-refractivity contribution in [3.05, 3.63) is 0 Å². The van der Waals surface area contributed by atoms with E-state index in [1.807, 2.05) is 21.1 Å². The normalized spacial score (nSPS) is 14.1. The molecule has 0 rings (SSSR count). The van der Waals surface area contributed by atoms with Crippen LogP contribution < -0.4 is 0 Å². The van der Waals surface area contributed by atoms with E-state index in [-0.39, 0.29) is 25.6 Å². The van der Waals surface area contributed by atoms with E-state index in [1.165, 1.54) is 64.2 Å². The molecule has 0 aliphatic carbocycles. The summed E-state index contributed by atoms with van der Waals surface area (Å²) in [5, 5.41) is 0. The molecule has 0 bridgehead atoms. The first-order valence-electron chi connectivity index (χ1n) is 15.8. The molecule has 0 aliphatic heterocycles. The topological polar surface area (TPSA) is 108 Å². The third-order valence-electron chi connectivity index (χ3n) is 6.64. The monoisotopic (exact) mass is 594 g/mol. The maximum absolute atomic E-state index is 12.4. The summed E-state index contributed by atoms with van der Waals surface area (Å²) in [6.07, 6.45) is 17.4. The highest BCUT2D eigenvalue weighted by Gasteiger charge is 2.27. The zero-order valence-corrected chi connectivity index (χ0v) is 27.2. The van der Waals surface area contributed by atoms with Gasteiger partial charge in [0.2, 0.25) is 0 Å². The van der Waals surface area contributed by atoms with Crippen LogP contribution in [0.4, 0.5) is 0 Å². The Bertz CT molecular complexity index is 683. The van der Waals surface area contributed by atoms with Crippen LogP contribution in [0.2, 0.25) is 0 Å². The van der Waals surface area contributed by atoms with E-state index >= 15 is 0 Å². The largest absolute Gasteiger partial charge is 0.472 e. The van der Waals surface area contributed by atoms with Crippen molar-refractivity contribution in [2.24, 2.45) is 0 Å². The molecule has 2 atom stereocenters. The van der Waals surface area contributed by atoms with Gasteiger partial charge in [0.1, 0.15) is 19.8 Å². The molecule has 0 spiro atoms. The molecule has 10 heteroatoms. The van der Waals surface area contributed by atoms with Crippen molar-refractivity contribution >= 4 is 19.8 Å². The number of ether oxygens (including phenoxy) is 2. The van der Waals surface area contributed by atoms with Gasteiger partial charge in [-0.2, -0.15) is 0 Å². The van der Waals surface area contributed by atoms with Crippen LogP contribution in [0.5, 0.6) is 0 Å². The molecule has 1 N–H and O–H groups in total. The van der Waals surface area contributed by atoms with Crippen molar-refractivity contribution < 1.29 is 42.1 Å². The molecule has 0 aromatic carbocycles. The smallest absolute Gasteiger partial charge is 0.462 e. The molecule has 0 saturated carbocycles. The number of phosphoric acid groups is 1. The minimum atomic E-state index is -4.34. The van der Waals surface area contributed by atoms with Gasteiger partial charge in [0.15, 0.2) is 6.10 Å². The number of likely N-dealkylation sites (N-methyl/N-ethyl adjacent to an activating group) is 1. The highest BCUT2D eigenvalue weighted by molar-refractivity contribution is 7.47. The highest BCUT2D eigenvalue weighted by Crippen LogP contribution is 2.43. The molecule has 238 valence electrons. The van der Waals surface area contributed by atoms with E-state index in [1.54, 1.807) is 0 Å². The summed E-state index contributed by atoms with van der Waals surface area (Å²) in [7, 11) is 1.48. The van der Waals surface area contributed by atoms with Gasteiger partial charge < -0.3 is 18.9 Å². The van der Waals surface area contributed by atoms with Gasteiger partial charge >= 0.3 is 19.8 Å². The third kappa shape index (κ3) is 27.2. The number of esters is 2. The first-order chi connectivity index (χ1) is 19.0. The van der Waals surface area contributed by atoms with Crippen LogP contribution in [0, 0.1) is 0 Å². The van der Waals surface area contributed by atoms with E-state index < -0.39 is 26.5 Å². The van der Waals surface area contributed by atoms with Crippen LogP contribution in [0.15, 0.2) is 0 Å². The Balaban J connectivity index is 4.54. The van der Waals surface area contributed by atoms with Crippen LogP contribution >= 0.6 is 7.82 Å². The van der Waals surface area contributed by atoms with Gasteiger partial charge in [-0.05, 0) is 12.8 Å². The minimum absolute atomic E-state index is 0.0355. The lowest BCUT2D eigenvalue weighted by molar-refractivity contribution is -0.870. The Labute approximate surface area is 244 Å². The van der Waals surface area contributed by atoms with Gasteiger partial charge in [-0.25, -0.2) is 4.57 Å². The summed E-state index contributed by atoms with van der Waals surface area (Å²) in [4.78, 5) is 34.7. The predicted molar refractivity (Wildman–Crippen MR) is 160 cm³/mol. The Morgan fingerprint density at radius 3 is 1.60 bits per heavy atom. The number of phosphoric ester groups is 1. The van der Waals surface area contributed by atoms with E-state index in [9.17, 15) is 19.0 Å². The molecule has 0 aliphatic rings. The summed E-state index contributed by atoms with van der Waals surface area (Å²) in [5.74, 6) is -0.807. The van der Waals surface area contributed by atoms with Crippen molar-refractivity contribution in [2.45, 2.75) is 136 Å². The molecule has 0 fully saturated rings. The van der Waals surface area contributed by atoms with Crippen molar-refractivity contribution in [3.63, 3.8) is 0 Å². The van der Waals surface area contributed by atoms with E-state index in [4.69, 9.17) is 18.5 Å². The number of rotatable bonds is 28. The maximum atomic E-state index is 12.4. The fraction of sp³-hybridized carbons (Fsp3) is 0.933. The van der Waals surface area contributed by atoms with Gasteiger partial charge in [-0.15, -0.1) is 0 Å². The zero-order valence-electron chi connectivity index (χ0n) is 26.3. The molecule has 0 aromatic heterocycles. The molecule has 0 saturated heterocycles. The zero-order chi connectivity index (χ0) is 30.1. The lowest BCUT2D eigenvalue weighted by atomic mass is 10.1. The molecule has 0 aromatic rings. The minimum Gasteiger partial charge on any atom is -0.462 e. The Morgan fingerprint density at radius 2 is 1.12 bits per heavy atom.